The highest BCUT2D eigenvalue weighted by Crippen LogP contribution is 2.06. The van der Waals surface area contributed by atoms with Crippen LogP contribution in [0.1, 0.15) is 45.1 Å². The van der Waals surface area contributed by atoms with Crippen molar-refractivity contribution in [1.29, 1.82) is 0 Å². The molecule has 0 aliphatic rings. The van der Waals surface area contributed by atoms with Crippen molar-refractivity contribution in [2.24, 2.45) is 0 Å². The van der Waals surface area contributed by atoms with Crippen molar-refractivity contribution >= 4 is 5.78 Å². The number of allylic oxidation sites excluding steroid dienone is 1. The largest absolute Gasteiger partial charge is 0.294 e. The van der Waals surface area contributed by atoms with Crippen LogP contribution < -0.4 is 0 Å². The zero-order chi connectivity index (χ0) is 13.2. The molecule has 0 heterocycles. The molecule has 0 N–H and O–H groups in total. The maximum absolute atomic E-state index is 11.9. The van der Waals surface area contributed by atoms with Gasteiger partial charge in [0.15, 0.2) is 5.78 Å². The Bertz CT molecular complexity index is 422. The van der Waals surface area contributed by atoms with Crippen molar-refractivity contribution < 1.29 is 4.79 Å². The normalized spacial score (nSPS) is 9.67. The maximum atomic E-state index is 11.9. The summed E-state index contributed by atoms with van der Waals surface area (Å²) in [5, 5.41) is 0. The molecule has 1 heteroatoms. The Kier molecular flexibility index (Phi) is 6.83. The van der Waals surface area contributed by atoms with Gasteiger partial charge in [-0.05, 0) is 37.8 Å². The monoisotopic (exact) mass is 242 g/mol. The fraction of sp³-hybridized carbons (Fsp3) is 0.412. The summed E-state index contributed by atoms with van der Waals surface area (Å²) in [6.45, 7) is 4.02. The molecule has 0 unspecified atom stereocenters. The topological polar surface area (TPSA) is 17.1 Å². The standard InChI is InChI=1S/C17H22O/c1-3-4-5-7-10-15(2)17(18)14-13-16-11-8-6-9-12-16/h6-9,11-12H,3-5,13-14H2,1-2H3. The number of hydrogen-bond donors (Lipinski definition) is 0. The smallest absolute Gasteiger partial charge is 0.166 e. The number of carbonyl (C=O) groups excluding carboxylic acids is 1. The van der Waals surface area contributed by atoms with Gasteiger partial charge in [-0.2, -0.15) is 0 Å². The molecule has 1 rings (SSSR count). The lowest BCUT2D eigenvalue weighted by Gasteiger charge is -2.00. The predicted molar refractivity (Wildman–Crippen MR) is 76.6 cm³/mol. The number of ketones is 1. The van der Waals surface area contributed by atoms with Crippen molar-refractivity contribution in [1.82, 2.24) is 0 Å². The minimum atomic E-state index is 0.201. The van der Waals surface area contributed by atoms with Gasteiger partial charge in [-0.1, -0.05) is 43.7 Å². The van der Waals surface area contributed by atoms with Crippen LogP contribution >= 0.6 is 0 Å². The molecule has 0 fully saturated rings. The Morgan fingerprint density at radius 3 is 2.67 bits per heavy atom. The molecule has 0 aliphatic heterocycles. The molecule has 0 spiro atoms. The van der Waals surface area contributed by atoms with Gasteiger partial charge in [0, 0.05) is 12.0 Å². The van der Waals surface area contributed by atoms with Crippen molar-refractivity contribution in [3.8, 4) is 0 Å². The molecule has 0 radical (unpaired) electrons. The zero-order valence-electron chi connectivity index (χ0n) is 11.4. The molecule has 1 nitrogen and oxygen atoms in total. The minimum Gasteiger partial charge on any atom is -0.294 e. The molecule has 96 valence electrons. The third kappa shape index (κ3) is 5.65. The molecule has 0 saturated heterocycles. The third-order valence-corrected chi connectivity index (χ3v) is 2.92. The summed E-state index contributed by atoms with van der Waals surface area (Å²) < 4.78 is 0. The minimum absolute atomic E-state index is 0.201. The van der Waals surface area contributed by atoms with E-state index in [-0.39, 0.29) is 5.78 Å². The van der Waals surface area contributed by atoms with Crippen LogP contribution in [0.25, 0.3) is 0 Å². The van der Waals surface area contributed by atoms with Crippen LogP contribution in [0.4, 0.5) is 0 Å². The van der Waals surface area contributed by atoms with Crippen LogP contribution in [0.3, 0.4) is 0 Å². The number of carbonyl (C=O) groups is 1. The van der Waals surface area contributed by atoms with Gasteiger partial charge in [0.05, 0.1) is 0 Å². The van der Waals surface area contributed by atoms with Crippen LogP contribution in [0.2, 0.25) is 0 Å². The maximum Gasteiger partial charge on any atom is 0.166 e. The Labute approximate surface area is 110 Å². The highest BCUT2D eigenvalue weighted by Gasteiger charge is 2.03. The molecule has 1 aromatic carbocycles. The number of aryl methyl sites for hydroxylation is 1. The fourth-order valence-electron chi connectivity index (χ4n) is 1.70. The molecule has 0 aliphatic carbocycles. The van der Waals surface area contributed by atoms with Gasteiger partial charge in [-0.15, -0.1) is 5.73 Å². The van der Waals surface area contributed by atoms with Gasteiger partial charge < -0.3 is 0 Å². The second-order valence-corrected chi connectivity index (χ2v) is 4.52. The average Bonchev–Trinajstić information content (AvgIpc) is 2.42. The van der Waals surface area contributed by atoms with E-state index in [9.17, 15) is 4.79 Å². The van der Waals surface area contributed by atoms with E-state index < -0.39 is 0 Å². The van der Waals surface area contributed by atoms with Crippen LogP contribution in [0, 0.1) is 0 Å². The Hall–Kier alpha value is -1.59. The zero-order valence-corrected chi connectivity index (χ0v) is 11.4. The Balaban J connectivity index is 2.43. The molecule has 18 heavy (non-hydrogen) atoms. The molecular formula is C17H22O. The second kappa shape index (κ2) is 8.49. The summed E-state index contributed by atoms with van der Waals surface area (Å²) in [4.78, 5) is 11.9. The van der Waals surface area contributed by atoms with Crippen molar-refractivity contribution in [3.63, 3.8) is 0 Å². The summed E-state index contributed by atoms with van der Waals surface area (Å²) in [6.07, 6.45) is 6.73. The number of rotatable bonds is 7. The van der Waals surface area contributed by atoms with E-state index in [1.807, 2.05) is 31.2 Å². The van der Waals surface area contributed by atoms with Gasteiger partial charge in [-0.25, -0.2) is 0 Å². The first-order valence-corrected chi connectivity index (χ1v) is 6.73. The van der Waals surface area contributed by atoms with E-state index in [1.54, 1.807) is 0 Å². The van der Waals surface area contributed by atoms with E-state index >= 15 is 0 Å². The summed E-state index contributed by atoms with van der Waals surface area (Å²) in [6, 6.07) is 10.1. The van der Waals surface area contributed by atoms with Crippen LogP contribution in [0.5, 0.6) is 0 Å². The number of Topliss-reactive ketones (excluding diaryl/α,β-unsaturated/α-hetero) is 1. The lowest BCUT2D eigenvalue weighted by atomic mass is 10.0. The molecule has 1 aromatic rings. The number of benzene rings is 1. The highest BCUT2D eigenvalue weighted by atomic mass is 16.1. The van der Waals surface area contributed by atoms with Crippen molar-refractivity contribution in [2.75, 3.05) is 0 Å². The van der Waals surface area contributed by atoms with E-state index in [1.165, 1.54) is 18.4 Å². The third-order valence-electron chi connectivity index (χ3n) is 2.92. The quantitative estimate of drug-likeness (QED) is 0.391. The van der Waals surface area contributed by atoms with E-state index in [0.717, 1.165) is 18.4 Å². The molecular weight excluding hydrogens is 220 g/mol. The predicted octanol–water partition coefficient (Wildman–Crippen LogP) is 4.48. The Morgan fingerprint density at radius 1 is 1.28 bits per heavy atom. The summed E-state index contributed by atoms with van der Waals surface area (Å²) in [5.41, 5.74) is 5.06. The fourth-order valence-corrected chi connectivity index (χ4v) is 1.70. The van der Waals surface area contributed by atoms with Gasteiger partial charge in [-0.3, -0.25) is 4.79 Å². The average molecular weight is 242 g/mol. The first-order valence-electron chi connectivity index (χ1n) is 6.73. The van der Waals surface area contributed by atoms with Crippen LogP contribution in [-0.4, -0.2) is 5.78 Å². The number of unbranched alkanes of at least 4 members (excludes halogenated alkanes) is 2. The number of hydrogen-bond acceptors (Lipinski definition) is 1. The van der Waals surface area contributed by atoms with E-state index in [0.29, 0.717) is 6.42 Å². The van der Waals surface area contributed by atoms with E-state index in [2.05, 4.69) is 24.8 Å². The van der Waals surface area contributed by atoms with Crippen LogP contribution in [0.15, 0.2) is 47.7 Å². The lowest BCUT2D eigenvalue weighted by molar-refractivity contribution is -0.115. The summed E-state index contributed by atoms with van der Waals surface area (Å²) in [5.74, 6) is 0.201. The van der Waals surface area contributed by atoms with Crippen LogP contribution in [-0.2, 0) is 11.2 Å². The van der Waals surface area contributed by atoms with Gasteiger partial charge >= 0.3 is 0 Å². The first-order chi connectivity index (χ1) is 8.74. The first kappa shape index (κ1) is 14.5. The van der Waals surface area contributed by atoms with Crippen molar-refractivity contribution in [2.45, 2.75) is 46.0 Å². The Morgan fingerprint density at radius 2 is 2.00 bits per heavy atom. The second-order valence-electron chi connectivity index (χ2n) is 4.52. The lowest BCUT2D eigenvalue weighted by Crippen LogP contribution is -2.00. The summed E-state index contributed by atoms with van der Waals surface area (Å²) >= 11 is 0. The molecule has 0 atom stereocenters. The molecule has 0 amide bonds. The molecule has 0 bridgehead atoms. The summed E-state index contributed by atoms with van der Waals surface area (Å²) in [7, 11) is 0. The highest BCUT2D eigenvalue weighted by molar-refractivity contribution is 5.94. The molecule has 0 saturated carbocycles. The van der Waals surface area contributed by atoms with Gasteiger partial charge in [0.2, 0.25) is 0 Å². The van der Waals surface area contributed by atoms with Crippen molar-refractivity contribution in [3.05, 3.63) is 53.3 Å². The SMILES string of the molecule is CCCCC=C=C(C)C(=O)CCc1ccccc1. The van der Waals surface area contributed by atoms with E-state index in [4.69, 9.17) is 0 Å². The molecule has 0 aromatic heterocycles. The van der Waals surface area contributed by atoms with Gasteiger partial charge in [0.1, 0.15) is 0 Å². The van der Waals surface area contributed by atoms with Gasteiger partial charge in [0.25, 0.3) is 0 Å².